The van der Waals surface area contributed by atoms with E-state index in [4.69, 9.17) is 10.5 Å². The molecule has 0 bridgehead atoms. The van der Waals surface area contributed by atoms with Crippen molar-refractivity contribution in [1.82, 2.24) is 10.2 Å². The molecule has 5 aromatic rings. The Bertz CT molecular complexity index is 2400. The number of phenolic OH excluding ortho intramolecular Hbond substituents is 1. The molecule has 286 valence electrons. The molecule has 0 radical (unpaired) electrons. The van der Waals surface area contributed by atoms with Crippen LogP contribution in [0, 0.1) is 17.8 Å². The monoisotopic (exact) mass is 760 g/mol. The van der Waals surface area contributed by atoms with Crippen molar-refractivity contribution in [2.45, 2.75) is 49.0 Å². The lowest BCUT2D eigenvalue weighted by molar-refractivity contribution is -0.178. The number of phenols is 1. The number of ether oxygens (including phenoxy) is 1. The molecule has 11 nitrogen and oxygen atoms in total. The largest absolute Gasteiger partial charge is 0.508 e. The van der Waals surface area contributed by atoms with E-state index in [1.807, 2.05) is 95.9 Å². The van der Waals surface area contributed by atoms with Gasteiger partial charge in [0.1, 0.15) is 23.3 Å². The van der Waals surface area contributed by atoms with Crippen molar-refractivity contribution < 1.29 is 34.1 Å². The molecule has 0 aromatic heterocycles. The number of carbonyl (C=O) groups excluding carboxylic acids is 4. The van der Waals surface area contributed by atoms with Gasteiger partial charge >= 0.3 is 12.0 Å². The fourth-order valence-corrected chi connectivity index (χ4v) is 8.97. The fourth-order valence-electron chi connectivity index (χ4n) is 8.97. The lowest BCUT2D eigenvalue weighted by atomic mass is 9.65. The summed E-state index contributed by atoms with van der Waals surface area (Å²) in [5.41, 5.74) is 8.06. The van der Waals surface area contributed by atoms with Gasteiger partial charge in [-0.15, -0.1) is 0 Å². The Hall–Kier alpha value is -6.74. The second-order valence-corrected chi connectivity index (χ2v) is 14.5. The Morgan fingerprint density at radius 1 is 0.842 bits per heavy atom. The third-order valence-electron chi connectivity index (χ3n) is 11.3. The number of esters is 1. The van der Waals surface area contributed by atoms with E-state index in [0.29, 0.717) is 16.7 Å². The molecule has 1 spiro atoms. The summed E-state index contributed by atoms with van der Waals surface area (Å²) in [7, 11) is 0. The van der Waals surface area contributed by atoms with Crippen LogP contribution < -0.4 is 16.0 Å². The average molecular weight is 761 g/mol. The predicted octanol–water partition coefficient (Wildman–Crippen LogP) is 5.75. The van der Waals surface area contributed by atoms with Crippen molar-refractivity contribution in [2.75, 3.05) is 11.5 Å². The second-order valence-electron chi connectivity index (χ2n) is 14.5. The first-order valence-corrected chi connectivity index (χ1v) is 18.8. The topological polar surface area (TPSA) is 162 Å². The van der Waals surface area contributed by atoms with E-state index < -0.39 is 65.4 Å². The number of morpholine rings is 1. The molecule has 8 rings (SSSR count). The molecule has 2 fully saturated rings. The third kappa shape index (κ3) is 6.20. The summed E-state index contributed by atoms with van der Waals surface area (Å²) in [6.07, 6.45) is -0.701. The molecule has 57 heavy (non-hydrogen) atoms. The summed E-state index contributed by atoms with van der Waals surface area (Å²) < 4.78 is 6.35. The number of aliphatic hydroxyl groups excluding tert-OH is 1. The molecule has 2 saturated heterocycles. The minimum absolute atomic E-state index is 0.0379. The van der Waals surface area contributed by atoms with Crippen LogP contribution >= 0.6 is 0 Å². The average Bonchev–Trinajstić information content (AvgIpc) is 3.68. The number of hydrogen-bond acceptors (Lipinski definition) is 8. The van der Waals surface area contributed by atoms with Gasteiger partial charge in [0.2, 0.25) is 11.8 Å². The van der Waals surface area contributed by atoms with E-state index >= 15 is 4.79 Å². The fraction of sp³-hybridized carbons (Fsp3) is 0.217. The number of aromatic hydroxyl groups is 1. The van der Waals surface area contributed by atoms with Crippen molar-refractivity contribution >= 4 is 29.5 Å². The highest BCUT2D eigenvalue weighted by molar-refractivity contribution is 6.24. The Balaban J connectivity index is 1.41. The molecule has 7 atom stereocenters. The Morgan fingerprint density at radius 2 is 1.47 bits per heavy atom. The molecule has 0 saturated carbocycles. The number of nitrogens with zero attached hydrogens (tertiary/aromatic N) is 2. The van der Waals surface area contributed by atoms with Gasteiger partial charge in [-0.05, 0) is 65.1 Å². The first-order chi connectivity index (χ1) is 27.7. The van der Waals surface area contributed by atoms with Crippen LogP contribution in [0.3, 0.4) is 0 Å². The highest BCUT2D eigenvalue weighted by Gasteiger charge is 2.75. The highest BCUT2D eigenvalue weighted by atomic mass is 16.6. The number of aliphatic hydroxyl groups is 1. The standard InChI is InChI=1S/C46H40N4O7/c1-28(30-14-5-2-6-15-30)48-45(56)49-36-25-20-29(13-11-12-26-51)27-35(36)46(44(49)55)37(42(47)53)39-43(54)57-40(32-18-9-4-10-19-32)38(31-16-7-3-8-17-31)50(39)41(46)33-21-23-34(52)24-22-33/h2-10,14-25,27-28,37-41,51-52H,12,26H2,1H3,(H2,47,53)(H,48,56)/t28-,37+,38+,39+,40-,41-,46+/m1/s1. The van der Waals surface area contributed by atoms with Crippen LogP contribution in [0.25, 0.3) is 0 Å². The maximum absolute atomic E-state index is 15.9. The number of imide groups is 1. The number of amides is 4. The Labute approximate surface area is 329 Å². The molecule has 0 aliphatic carbocycles. The van der Waals surface area contributed by atoms with Gasteiger partial charge in [0.15, 0.2) is 0 Å². The molecule has 4 amide bonds. The number of nitrogens with two attached hydrogens (primary N) is 1. The van der Waals surface area contributed by atoms with Crippen molar-refractivity contribution in [1.29, 1.82) is 0 Å². The van der Waals surface area contributed by atoms with Gasteiger partial charge in [0.05, 0.1) is 36.3 Å². The number of primary amides is 1. The van der Waals surface area contributed by atoms with Crippen LogP contribution in [0.5, 0.6) is 5.75 Å². The minimum Gasteiger partial charge on any atom is -0.508 e. The van der Waals surface area contributed by atoms with Gasteiger partial charge in [-0.3, -0.25) is 19.3 Å². The molecule has 3 aliphatic rings. The van der Waals surface area contributed by atoms with Crippen molar-refractivity contribution in [3.63, 3.8) is 0 Å². The van der Waals surface area contributed by atoms with E-state index in [1.165, 1.54) is 12.1 Å². The van der Waals surface area contributed by atoms with Gasteiger partial charge in [-0.1, -0.05) is 115 Å². The highest BCUT2D eigenvalue weighted by Crippen LogP contribution is 2.65. The normalized spacial score (nSPS) is 24.2. The summed E-state index contributed by atoms with van der Waals surface area (Å²) >= 11 is 0. The zero-order valence-corrected chi connectivity index (χ0v) is 31.0. The summed E-state index contributed by atoms with van der Waals surface area (Å²) in [6, 6.07) is 34.6. The van der Waals surface area contributed by atoms with Crippen LogP contribution in [0.15, 0.2) is 133 Å². The summed E-state index contributed by atoms with van der Waals surface area (Å²) in [4.78, 5) is 62.4. The van der Waals surface area contributed by atoms with E-state index in [0.717, 1.165) is 16.0 Å². The van der Waals surface area contributed by atoms with Crippen LogP contribution in [0.4, 0.5) is 10.5 Å². The van der Waals surface area contributed by atoms with Crippen LogP contribution in [-0.4, -0.2) is 51.6 Å². The van der Waals surface area contributed by atoms with Gasteiger partial charge in [-0.2, -0.15) is 0 Å². The number of nitrogens with one attached hydrogen (secondary N) is 1. The van der Waals surface area contributed by atoms with Crippen molar-refractivity contribution in [3.8, 4) is 17.6 Å². The number of cyclic esters (lactones) is 1. The molecule has 5 aromatic carbocycles. The Morgan fingerprint density at radius 3 is 2.11 bits per heavy atom. The molecule has 11 heteroatoms. The quantitative estimate of drug-likeness (QED) is 0.121. The Kier molecular flexibility index (Phi) is 9.83. The zero-order valence-electron chi connectivity index (χ0n) is 31.0. The van der Waals surface area contributed by atoms with E-state index in [2.05, 4.69) is 17.2 Å². The van der Waals surface area contributed by atoms with Crippen molar-refractivity contribution in [3.05, 3.63) is 167 Å². The van der Waals surface area contributed by atoms with Gasteiger partial charge in [0, 0.05) is 12.0 Å². The maximum atomic E-state index is 15.9. The number of hydrogen-bond donors (Lipinski definition) is 4. The number of rotatable bonds is 7. The number of anilines is 1. The number of carbonyl (C=O) groups is 4. The molecule has 5 N–H and O–H groups in total. The van der Waals surface area contributed by atoms with E-state index in [9.17, 15) is 24.6 Å². The molecule has 3 aliphatic heterocycles. The lowest BCUT2D eigenvalue weighted by Crippen LogP contribution is -2.55. The number of benzene rings is 5. The number of urea groups is 1. The van der Waals surface area contributed by atoms with Gasteiger partial charge < -0.3 is 26.0 Å². The first kappa shape index (κ1) is 37.2. The molecule has 0 unspecified atom stereocenters. The van der Waals surface area contributed by atoms with Crippen molar-refractivity contribution in [2.24, 2.45) is 11.7 Å². The van der Waals surface area contributed by atoms with Crippen LogP contribution in [0.1, 0.15) is 71.0 Å². The SMILES string of the molecule is C[C@@H](NC(=O)N1C(=O)[C@@]2(c3cc(C#CCCO)ccc31)[C@H](C(N)=O)[C@H]1C(=O)O[C@H](c3ccccc3)[C@H](c3ccccc3)N1[C@@H]2c1ccc(O)cc1)c1ccccc1. The summed E-state index contributed by atoms with van der Waals surface area (Å²) in [5, 5.41) is 23.0. The van der Waals surface area contributed by atoms with Gasteiger partial charge in [-0.25, -0.2) is 9.69 Å². The van der Waals surface area contributed by atoms with E-state index in [-0.39, 0.29) is 30.0 Å². The minimum atomic E-state index is -2.00. The van der Waals surface area contributed by atoms with Crippen LogP contribution in [0.2, 0.25) is 0 Å². The predicted molar refractivity (Wildman–Crippen MR) is 211 cm³/mol. The molecule has 3 heterocycles. The number of fused-ring (bicyclic) bond motifs is 3. The summed E-state index contributed by atoms with van der Waals surface area (Å²) in [5.74, 6) is 1.91. The lowest BCUT2D eigenvalue weighted by Gasteiger charge is -2.46. The summed E-state index contributed by atoms with van der Waals surface area (Å²) in [6.45, 7) is 1.64. The first-order valence-electron chi connectivity index (χ1n) is 18.8. The van der Waals surface area contributed by atoms with Gasteiger partial charge in [0.25, 0.3) is 0 Å². The second kappa shape index (κ2) is 15.1. The van der Waals surface area contributed by atoms with Crippen LogP contribution in [-0.2, 0) is 24.5 Å². The maximum Gasteiger partial charge on any atom is 0.329 e. The molecular weight excluding hydrogens is 721 g/mol. The molecular formula is C46H40N4O7. The third-order valence-corrected chi connectivity index (χ3v) is 11.3. The van der Waals surface area contributed by atoms with E-state index in [1.54, 1.807) is 37.3 Å². The zero-order chi connectivity index (χ0) is 39.8. The smallest absolute Gasteiger partial charge is 0.329 e.